The van der Waals surface area contributed by atoms with Gasteiger partial charge in [0.1, 0.15) is 0 Å². The fourth-order valence-corrected chi connectivity index (χ4v) is 2.08. The van der Waals surface area contributed by atoms with Gasteiger partial charge in [-0.3, -0.25) is 10.1 Å². The number of nitro benzene ring substituents is 1. The lowest BCUT2D eigenvalue weighted by atomic mass is 9.90. The monoisotopic (exact) mass is 224 g/mol. The maximum absolute atomic E-state index is 13.1. The van der Waals surface area contributed by atoms with Gasteiger partial charge in [-0.2, -0.15) is 4.39 Å². The maximum Gasteiger partial charge on any atom is 0.305 e. The highest BCUT2D eigenvalue weighted by Gasteiger charge is 2.20. The quantitative estimate of drug-likeness (QED) is 0.619. The van der Waals surface area contributed by atoms with E-state index in [4.69, 9.17) is 0 Å². The third kappa shape index (κ3) is 2.19. The predicted octanol–water partition coefficient (Wildman–Crippen LogP) is 2.20. The first-order valence-electron chi connectivity index (χ1n) is 5.33. The summed E-state index contributed by atoms with van der Waals surface area (Å²) in [5.41, 5.74) is 0.450. The number of nitro groups is 1. The molecule has 0 spiro atoms. The first kappa shape index (κ1) is 11.0. The van der Waals surface area contributed by atoms with E-state index >= 15 is 0 Å². The number of halogens is 1. The molecular weight excluding hydrogens is 211 g/mol. The van der Waals surface area contributed by atoms with E-state index < -0.39 is 16.4 Å². The molecule has 0 saturated carbocycles. The average molecular weight is 224 g/mol. The molecule has 86 valence electrons. The van der Waals surface area contributed by atoms with Crippen molar-refractivity contribution in [3.8, 4) is 0 Å². The van der Waals surface area contributed by atoms with E-state index in [0.717, 1.165) is 31.5 Å². The van der Waals surface area contributed by atoms with Crippen LogP contribution in [0.3, 0.4) is 0 Å². The molecule has 1 heterocycles. The van der Waals surface area contributed by atoms with Crippen LogP contribution in [-0.2, 0) is 0 Å². The molecule has 1 aromatic carbocycles. The van der Waals surface area contributed by atoms with Crippen molar-refractivity contribution in [1.82, 2.24) is 5.32 Å². The fraction of sp³-hybridized carbons (Fsp3) is 0.455. The molecule has 0 radical (unpaired) electrons. The molecule has 0 unspecified atom stereocenters. The largest absolute Gasteiger partial charge is 0.317 e. The molecule has 0 atom stereocenters. The third-order valence-electron chi connectivity index (χ3n) is 2.98. The van der Waals surface area contributed by atoms with Crippen molar-refractivity contribution in [2.24, 2.45) is 0 Å². The summed E-state index contributed by atoms with van der Waals surface area (Å²) < 4.78 is 13.1. The van der Waals surface area contributed by atoms with Gasteiger partial charge in [-0.15, -0.1) is 0 Å². The fourth-order valence-electron chi connectivity index (χ4n) is 2.08. The smallest absolute Gasteiger partial charge is 0.305 e. The number of piperidine rings is 1. The van der Waals surface area contributed by atoms with Crippen LogP contribution >= 0.6 is 0 Å². The number of nitrogens with one attached hydrogen (secondary N) is 1. The Bertz CT molecular complexity index is 403. The Hall–Kier alpha value is -1.49. The Morgan fingerprint density at radius 1 is 1.38 bits per heavy atom. The highest BCUT2D eigenvalue weighted by Crippen LogP contribution is 2.29. The second-order valence-electron chi connectivity index (χ2n) is 3.99. The van der Waals surface area contributed by atoms with Crippen LogP contribution in [0.15, 0.2) is 18.2 Å². The van der Waals surface area contributed by atoms with E-state index in [-0.39, 0.29) is 0 Å². The summed E-state index contributed by atoms with van der Waals surface area (Å²) >= 11 is 0. The summed E-state index contributed by atoms with van der Waals surface area (Å²) in [6.45, 7) is 1.83. The van der Waals surface area contributed by atoms with Crippen LogP contribution < -0.4 is 5.32 Å². The third-order valence-corrected chi connectivity index (χ3v) is 2.98. The number of rotatable bonds is 2. The van der Waals surface area contributed by atoms with E-state index in [2.05, 4.69) is 5.32 Å². The molecule has 0 aromatic heterocycles. The molecule has 1 aliphatic heterocycles. The first-order chi connectivity index (χ1) is 7.68. The predicted molar refractivity (Wildman–Crippen MR) is 57.9 cm³/mol. The van der Waals surface area contributed by atoms with Gasteiger partial charge in [0, 0.05) is 6.07 Å². The summed E-state index contributed by atoms with van der Waals surface area (Å²) in [4.78, 5) is 9.94. The van der Waals surface area contributed by atoms with E-state index in [9.17, 15) is 14.5 Å². The number of benzene rings is 1. The Morgan fingerprint density at radius 2 is 2.06 bits per heavy atom. The molecule has 0 aliphatic carbocycles. The molecule has 0 amide bonds. The molecule has 4 nitrogen and oxygen atoms in total. The van der Waals surface area contributed by atoms with Crippen LogP contribution in [0.25, 0.3) is 0 Å². The van der Waals surface area contributed by atoms with Gasteiger partial charge >= 0.3 is 5.69 Å². The van der Waals surface area contributed by atoms with Crippen molar-refractivity contribution in [3.05, 3.63) is 39.7 Å². The highest BCUT2D eigenvalue weighted by atomic mass is 19.1. The minimum absolute atomic E-state index is 0.306. The van der Waals surface area contributed by atoms with E-state index in [1.54, 1.807) is 6.07 Å². The zero-order valence-corrected chi connectivity index (χ0v) is 8.78. The SMILES string of the molecule is O=[N+]([O-])c1cc(C2CCNCC2)ccc1F. The molecule has 2 rings (SSSR count). The van der Waals surface area contributed by atoms with Crippen molar-refractivity contribution < 1.29 is 9.31 Å². The summed E-state index contributed by atoms with van der Waals surface area (Å²) in [7, 11) is 0. The zero-order valence-electron chi connectivity index (χ0n) is 8.78. The maximum atomic E-state index is 13.1. The average Bonchev–Trinajstić information content (AvgIpc) is 2.30. The minimum atomic E-state index is -0.761. The molecule has 1 aromatic rings. The highest BCUT2D eigenvalue weighted by molar-refractivity contribution is 5.37. The van der Waals surface area contributed by atoms with Gasteiger partial charge in [-0.25, -0.2) is 0 Å². The van der Waals surface area contributed by atoms with Gasteiger partial charge in [0.2, 0.25) is 5.82 Å². The van der Waals surface area contributed by atoms with E-state index in [1.165, 1.54) is 12.1 Å². The Balaban J connectivity index is 2.27. The zero-order chi connectivity index (χ0) is 11.5. The second-order valence-corrected chi connectivity index (χ2v) is 3.99. The van der Waals surface area contributed by atoms with E-state index in [0.29, 0.717) is 5.92 Å². The Morgan fingerprint density at radius 3 is 2.69 bits per heavy atom. The first-order valence-corrected chi connectivity index (χ1v) is 5.33. The van der Waals surface area contributed by atoms with Crippen LogP contribution in [-0.4, -0.2) is 18.0 Å². The molecule has 16 heavy (non-hydrogen) atoms. The van der Waals surface area contributed by atoms with Crippen LogP contribution in [0.4, 0.5) is 10.1 Å². The van der Waals surface area contributed by atoms with Crippen molar-refractivity contribution in [1.29, 1.82) is 0 Å². The van der Waals surface area contributed by atoms with Gasteiger partial charge in [0.25, 0.3) is 0 Å². The standard InChI is InChI=1S/C11H13FN2O2/c12-10-2-1-9(7-11(10)14(15)16)8-3-5-13-6-4-8/h1-2,7-8,13H,3-6H2. The van der Waals surface area contributed by atoms with Crippen molar-refractivity contribution in [3.63, 3.8) is 0 Å². The van der Waals surface area contributed by atoms with Gasteiger partial charge in [-0.05, 0) is 43.5 Å². The molecule has 1 fully saturated rings. The normalized spacial score (nSPS) is 17.3. The Kier molecular flexibility index (Phi) is 3.14. The summed E-state index contributed by atoms with van der Waals surface area (Å²) in [5, 5.41) is 13.8. The molecule has 1 saturated heterocycles. The van der Waals surface area contributed by atoms with Crippen molar-refractivity contribution >= 4 is 5.69 Å². The number of hydrogen-bond acceptors (Lipinski definition) is 3. The van der Waals surface area contributed by atoms with Crippen molar-refractivity contribution in [2.45, 2.75) is 18.8 Å². The van der Waals surface area contributed by atoms with Gasteiger partial charge in [0.05, 0.1) is 4.92 Å². The molecular formula is C11H13FN2O2. The van der Waals surface area contributed by atoms with Crippen LogP contribution in [0.1, 0.15) is 24.3 Å². The van der Waals surface area contributed by atoms with E-state index in [1.807, 2.05) is 0 Å². The lowest BCUT2D eigenvalue weighted by Gasteiger charge is -2.22. The minimum Gasteiger partial charge on any atom is -0.317 e. The molecule has 5 heteroatoms. The molecule has 0 bridgehead atoms. The lowest BCUT2D eigenvalue weighted by Crippen LogP contribution is -2.26. The topological polar surface area (TPSA) is 55.2 Å². The van der Waals surface area contributed by atoms with Gasteiger partial charge in [0.15, 0.2) is 0 Å². The van der Waals surface area contributed by atoms with Crippen LogP contribution in [0.5, 0.6) is 0 Å². The summed E-state index contributed by atoms with van der Waals surface area (Å²) in [5.74, 6) is -0.455. The number of hydrogen-bond donors (Lipinski definition) is 1. The van der Waals surface area contributed by atoms with Gasteiger partial charge < -0.3 is 5.32 Å². The summed E-state index contributed by atoms with van der Waals surface area (Å²) in [6.07, 6.45) is 1.89. The lowest BCUT2D eigenvalue weighted by molar-refractivity contribution is -0.387. The second kappa shape index (κ2) is 4.57. The molecule has 1 N–H and O–H groups in total. The van der Waals surface area contributed by atoms with Crippen LogP contribution in [0.2, 0.25) is 0 Å². The molecule has 1 aliphatic rings. The van der Waals surface area contributed by atoms with Gasteiger partial charge in [-0.1, -0.05) is 6.07 Å². The summed E-state index contributed by atoms with van der Waals surface area (Å²) in [6, 6.07) is 4.21. The Labute approximate surface area is 92.6 Å². The van der Waals surface area contributed by atoms with Crippen LogP contribution in [0, 0.1) is 15.9 Å². The number of nitrogens with zero attached hydrogens (tertiary/aromatic N) is 1. The van der Waals surface area contributed by atoms with Crippen molar-refractivity contribution in [2.75, 3.05) is 13.1 Å².